The third kappa shape index (κ3) is 10.4. The molecule has 1 aromatic rings. The van der Waals surface area contributed by atoms with Gasteiger partial charge in [-0.1, -0.05) is 40.7 Å². The molecule has 4 amide bonds. The average molecular weight is 469 g/mol. The largest absolute Gasteiger partial charge is 0.355 e. The summed E-state index contributed by atoms with van der Waals surface area (Å²) in [4.78, 5) is 49.5. The fourth-order valence-corrected chi connectivity index (χ4v) is 2.55. The Morgan fingerprint density at radius 2 is 1.55 bits per heavy atom. The van der Waals surface area contributed by atoms with Gasteiger partial charge in [-0.2, -0.15) is 0 Å². The Kier molecular flexibility index (Phi) is 10.4. The van der Waals surface area contributed by atoms with Gasteiger partial charge in [-0.25, -0.2) is 8.78 Å². The number of halogens is 2. The zero-order valence-electron chi connectivity index (χ0n) is 20.0. The molecule has 10 heteroatoms. The maximum Gasteiger partial charge on any atom is 0.243 e. The van der Waals surface area contributed by atoms with Crippen LogP contribution in [0.25, 0.3) is 0 Å². The lowest BCUT2D eigenvalue weighted by Crippen LogP contribution is -2.54. The molecule has 1 aromatic carbocycles. The maximum atomic E-state index is 13.7. The Hall–Kier alpha value is -3.04. The summed E-state index contributed by atoms with van der Waals surface area (Å²) in [6.07, 6.45) is -0.296. The fraction of sp³-hybridized carbons (Fsp3) is 0.565. The molecular weight excluding hydrogens is 434 g/mol. The highest BCUT2D eigenvalue weighted by Crippen LogP contribution is 2.11. The molecule has 0 aliphatic rings. The van der Waals surface area contributed by atoms with E-state index >= 15 is 0 Å². The van der Waals surface area contributed by atoms with Gasteiger partial charge in [0.2, 0.25) is 23.6 Å². The Balaban J connectivity index is 2.75. The number of nitrogens with one attached hydrogen (secondary N) is 4. The van der Waals surface area contributed by atoms with Crippen LogP contribution in [0.2, 0.25) is 0 Å². The van der Waals surface area contributed by atoms with Gasteiger partial charge in [0.25, 0.3) is 0 Å². The summed E-state index contributed by atoms with van der Waals surface area (Å²) in [6, 6.07) is 0.783. The van der Waals surface area contributed by atoms with Crippen LogP contribution in [0.5, 0.6) is 0 Å². The zero-order valence-corrected chi connectivity index (χ0v) is 20.0. The number of benzene rings is 1. The molecule has 0 aliphatic heterocycles. The van der Waals surface area contributed by atoms with Crippen molar-refractivity contribution in [2.75, 3.05) is 6.54 Å². The van der Waals surface area contributed by atoms with E-state index in [1.807, 2.05) is 20.8 Å². The molecule has 0 spiro atoms. The first kappa shape index (κ1) is 28.0. The van der Waals surface area contributed by atoms with Crippen molar-refractivity contribution in [3.63, 3.8) is 0 Å². The van der Waals surface area contributed by atoms with Crippen LogP contribution in [0.4, 0.5) is 8.78 Å². The lowest BCUT2D eigenvalue weighted by atomic mass is 9.97. The first-order valence-corrected chi connectivity index (χ1v) is 10.8. The SMILES string of the molecule is CC(C)C(=O)N[C@@H](CC(=O)NCC(C)(C)C)C(=O)N[C@@H](C)C(=O)NCc1ccc(F)cc1F. The van der Waals surface area contributed by atoms with Crippen LogP contribution >= 0.6 is 0 Å². The van der Waals surface area contributed by atoms with Crippen LogP contribution in [-0.2, 0) is 25.7 Å². The first-order chi connectivity index (χ1) is 15.2. The molecule has 0 unspecified atom stereocenters. The highest BCUT2D eigenvalue weighted by molar-refractivity contribution is 5.95. The van der Waals surface area contributed by atoms with E-state index in [0.717, 1.165) is 6.07 Å². The minimum absolute atomic E-state index is 0.0841. The number of rotatable bonds is 10. The quantitative estimate of drug-likeness (QED) is 0.419. The maximum absolute atomic E-state index is 13.7. The van der Waals surface area contributed by atoms with Crippen molar-refractivity contribution < 1.29 is 28.0 Å². The molecule has 0 radical (unpaired) electrons. The van der Waals surface area contributed by atoms with Gasteiger partial charge >= 0.3 is 0 Å². The summed E-state index contributed by atoms with van der Waals surface area (Å²) in [5.41, 5.74) is -0.0774. The van der Waals surface area contributed by atoms with E-state index in [-0.39, 0.29) is 23.9 Å². The number of amides is 4. The van der Waals surface area contributed by atoms with E-state index < -0.39 is 53.3 Å². The van der Waals surface area contributed by atoms with Gasteiger partial charge in [0.05, 0.1) is 6.42 Å². The molecule has 0 aliphatic carbocycles. The molecule has 184 valence electrons. The topological polar surface area (TPSA) is 116 Å². The Morgan fingerprint density at radius 3 is 2.09 bits per heavy atom. The molecule has 0 saturated carbocycles. The molecule has 4 N–H and O–H groups in total. The van der Waals surface area contributed by atoms with Crippen molar-refractivity contribution >= 4 is 23.6 Å². The summed E-state index contributed by atoms with van der Waals surface area (Å²) in [7, 11) is 0. The van der Waals surface area contributed by atoms with Gasteiger partial charge in [0, 0.05) is 30.6 Å². The molecule has 0 aromatic heterocycles. The van der Waals surface area contributed by atoms with E-state index in [9.17, 15) is 28.0 Å². The van der Waals surface area contributed by atoms with E-state index in [2.05, 4.69) is 21.3 Å². The number of hydrogen-bond acceptors (Lipinski definition) is 4. The van der Waals surface area contributed by atoms with Crippen molar-refractivity contribution in [2.45, 2.75) is 66.6 Å². The van der Waals surface area contributed by atoms with Gasteiger partial charge in [-0.15, -0.1) is 0 Å². The average Bonchev–Trinajstić information content (AvgIpc) is 2.70. The summed E-state index contributed by atoms with van der Waals surface area (Å²) >= 11 is 0. The second-order valence-electron chi connectivity index (χ2n) is 9.44. The molecule has 2 atom stereocenters. The van der Waals surface area contributed by atoms with Crippen LogP contribution < -0.4 is 21.3 Å². The van der Waals surface area contributed by atoms with Crippen molar-refractivity contribution in [3.05, 3.63) is 35.4 Å². The lowest BCUT2D eigenvalue weighted by molar-refractivity contribution is -0.134. The highest BCUT2D eigenvalue weighted by Gasteiger charge is 2.28. The Morgan fingerprint density at radius 1 is 0.909 bits per heavy atom. The van der Waals surface area contributed by atoms with Crippen molar-refractivity contribution in [1.29, 1.82) is 0 Å². The second-order valence-corrected chi connectivity index (χ2v) is 9.44. The van der Waals surface area contributed by atoms with Crippen molar-refractivity contribution in [2.24, 2.45) is 11.3 Å². The van der Waals surface area contributed by atoms with Crippen molar-refractivity contribution in [1.82, 2.24) is 21.3 Å². The van der Waals surface area contributed by atoms with E-state index in [1.54, 1.807) is 13.8 Å². The molecule has 0 heterocycles. The number of carbonyl (C=O) groups excluding carboxylic acids is 4. The lowest BCUT2D eigenvalue weighted by Gasteiger charge is -2.23. The number of carbonyl (C=O) groups is 4. The van der Waals surface area contributed by atoms with Crippen LogP contribution in [0.15, 0.2) is 18.2 Å². The number of hydrogen-bond donors (Lipinski definition) is 4. The monoisotopic (exact) mass is 468 g/mol. The normalized spacial score (nSPS) is 13.1. The Bertz CT molecular complexity index is 869. The summed E-state index contributed by atoms with van der Waals surface area (Å²) in [5, 5.41) is 10.2. The molecule has 33 heavy (non-hydrogen) atoms. The zero-order chi connectivity index (χ0) is 25.3. The highest BCUT2D eigenvalue weighted by atomic mass is 19.1. The smallest absolute Gasteiger partial charge is 0.243 e. The predicted octanol–water partition coefficient (Wildman–Crippen LogP) is 1.78. The van der Waals surface area contributed by atoms with Gasteiger partial charge in [0.1, 0.15) is 23.7 Å². The molecule has 8 nitrogen and oxygen atoms in total. The van der Waals surface area contributed by atoms with Crippen LogP contribution in [-0.4, -0.2) is 42.3 Å². The third-order valence-corrected chi connectivity index (χ3v) is 4.58. The molecule has 0 fully saturated rings. The summed E-state index contributed by atoms with van der Waals surface area (Å²) in [5.74, 6) is -4.09. The van der Waals surface area contributed by atoms with E-state index in [4.69, 9.17) is 0 Å². The van der Waals surface area contributed by atoms with Gasteiger partial charge in [-0.3, -0.25) is 19.2 Å². The van der Waals surface area contributed by atoms with Gasteiger partial charge in [0.15, 0.2) is 0 Å². The fourth-order valence-electron chi connectivity index (χ4n) is 2.55. The summed E-state index contributed by atoms with van der Waals surface area (Å²) in [6.45, 7) is 10.7. The predicted molar refractivity (Wildman–Crippen MR) is 120 cm³/mol. The molecule has 0 saturated heterocycles. The van der Waals surface area contributed by atoms with Crippen LogP contribution in [0.1, 0.15) is 53.5 Å². The third-order valence-electron chi connectivity index (χ3n) is 4.58. The molecular formula is C23H34F2N4O4. The first-order valence-electron chi connectivity index (χ1n) is 10.8. The standard InChI is InChI=1S/C23H34F2N4O4/c1-13(2)20(31)29-18(10-19(30)27-12-23(4,5)6)22(33)28-14(3)21(32)26-11-15-7-8-16(24)9-17(15)25/h7-9,13-14,18H,10-12H2,1-6H3,(H,26,32)(H,27,30)(H,28,33)(H,29,31)/t14-,18-/m0/s1. The van der Waals surface area contributed by atoms with Gasteiger partial charge < -0.3 is 21.3 Å². The minimum Gasteiger partial charge on any atom is -0.355 e. The van der Waals surface area contributed by atoms with E-state index in [1.165, 1.54) is 13.0 Å². The van der Waals surface area contributed by atoms with Crippen LogP contribution in [0, 0.1) is 23.0 Å². The second kappa shape index (κ2) is 12.3. The van der Waals surface area contributed by atoms with Gasteiger partial charge in [-0.05, 0) is 18.4 Å². The summed E-state index contributed by atoms with van der Waals surface area (Å²) < 4.78 is 26.7. The molecule has 1 rings (SSSR count). The molecule has 0 bridgehead atoms. The Labute approximate surface area is 193 Å². The minimum atomic E-state index is -1.18. The van der Waals surface area contributed by atoms with E-state index in [0.29, 0.717) is 12.6 Å². The van der Waals surface area contributed by atoms with Crippen LogP contribution in [0.3, 0.4) is 0 Å². The van der Waals surface area contributed by atoms with Crippen molar-refractivity contribution in [3.8, 4) is 0 Å².